The van der Waals surface area contributed by atoms with Crippen LogP contribution in [0.3, 0.4) is 0 Å². The number of carboxylic acids is 1. The fourth-order valence-corrected chi connectivity index (χ4v) is 1.22. The van der Waals surface area contributed by atoms with Crippen LogP contribution in [0.5, 0.6) is 0 Å². The van der Waals surface area contributed by atoms with Gasteiger partial charge in [-0.25, -0.2) is 4.79 Å². The summed E-state index contributed by atoms with van der Waals surface area (Å²) in [6.45, 7) is 3.52. The number of hydrogen-bond donors (Lipinski definition) is 3. The average molecular weight is 229 g/mol. The van der Waals surface area contributed by atoms with Crippen LogP contribution in [-0.2, 0) is 9.59 Å². The van der Waals surface area contributed by atoms with Crippen molar-refractivity contribution >= 4 is 11.9 Å². The monoisotopic (exact) mass is 229 g/mol. The third-order valence-corrected chi connectivity index (χ3v) is 2.11. The maximum Gasteiger partial charge on any atom is 0.326 e. The Kier molecular flexibility index (Phi) is 8.15. The lowest BCUT2D eigenvalue weighted by Gasteiger charge is -2.13. The SMILES string of the molecule is C=CCCC(=O)NC(CCCCO)C(=O)O. The molecule has 0 aliphatic carbocycles. The highest BCUT2D eigenvalue weighted by Crippen LogP contribution is 2.02. The third-order valence-electron chi connectivity index (χ3n) is 2.11. The first-order chi connectivity index (χ1) is 7.61. The third kappa shape index (κ3) is 7.00. The molecule has 0 heterocycles. The lowest BCUT2D eigenvalue weighted by atomic mass is 10.1. The molecule has 5 heteroatoms. The van der Waals surface area contributed by atoms with Crippen LogP contribution in [0.25, 0.3) is 0 Å². The van der Waals surface area contributed by atoms with E-state index in [0.29, 0.717) is 25.7 Å². The van der Waals surface area contributed by atoms with Gasteiger partial charge < -0.3 is 15.5 Å². The molecule has 0 rings (SSSR count). The van der Waals surface area contributed by atoms with Gasteiger partial charge in [-0.05, 0) is 25.7 Å². The molecule has 0 aliphatic rings. The molecule has 0 saturated heterocycles. The Morgan fingerprint density at radius 3 is 2.56 bits per heavy atom. The normalized spacial score (nSPS) is 11.8. The summed E-state index contributed by atoms with van der Waals surface area (Å²) in [5.41, 5.74) is 0. The minimum absolute atomic E-state index is 0.0384. The van der Waals surface area contributed by atoms with Crippen molar-refractivity contribution in [1.82, 2.24) is 5.32 Å². The molecule has 1 amide bonds. The number of amides is 1. The minimum atomic E-state index is -1.04. The van der Waals surface area contributed by atoms with Gasteiger partial charge in [-0.1, -0.05) is 6.08 Å². The number of hydrogen-bond acceptors (Lipinski definition) is 3. The summed E-state index contributed by atoms with van der Waals surface area (Å²) in [4.78, 5) is 22.1. The first-order valence-corrected chi connectivity index (χ1v) is 5.35. The number of carbonyl (C=O) groups excluding carboxylic acids is 1. The summed E-state index contributed by atoms with van der Waals surface area (Å²) in [6.07, 6.45) is 3.88. The lowest BCUT2D eigenvalue weighted by molar-refractivity contribution is -0.142. The number of carboxylic acid groups (broad SMARTS) is 1. The van der Waals surface area contributed by atoms with Crippen LogP contribution in [0.4, 0.5) is 0 Å². The van der Waals surface area contributed by atoms with Crippen LogP contribution in [0, 0.1) is 0 Å². The zero-order chi connectivity index (χ0) is 12.4. The lowest BCUT2D eigenvalue weighted by Crippen LogP contribution is -2.40. The number of rotatable bonds is 9. The summed E-state index contributed by atoms with van der Waals surface area (Å²) in [5.74, 6) is -1.32. The van der Waals surface area contributed by atoms with Gasteiger partial charge in [0.05, 0.1) is 0 Å². The quantitative estimate of drug-likeness (QED) is 0.401. The molecule has 5 nitrogen and oxygen atoms in total. The molecule has 0 bridgehead atoms. The molecular formula is C11H19NO4. The highest BCUT2D eigenvalue weighted by atomic mass is 16.4. The van der Waals surface area contributed by atoms with Crippen LogP contribution < -0.4 is 5.32 Å². The highest BCUT2D eigenvalue weighted by Gasteiger charge is 2.18. The van der Waals surface area contributed by atoms with Gasteiger partial charge in [-0.2, -0.15) is 0 Å². The highest BCUT2D eigenvalue weighted by molar-refractivity contribution is 5.83. The predicted molar refractivity (Wildman–Crippen MR) is 59.9 cm³/mol. The molecular weight excluding hydrogens is 210 g/mol. The molecule has 3 N–H and O–H groups in total. The van der Waals surface area contributed by atoms with E-state index in [1.165, 1.54) is 0 Å². The molecule has 16 heavy (non-hydrogen) atoms. The van der Waals surface area contributed by atoms with Crippen molar-refractivity contribution in [3.05, 3.63) is 12.7 Å². The maximum atomic E-state index is 11.3. The van der Waals surface area contributed by atoms with E-state index in [1.807, 2.05) is 0 Å². The van der Waals surface area contributed by atoms with E-state index in [4.69, 9.17) is 10.2 Å². The van der Waals surface area contributed by atoms with E-state index >= 15 is 0 Å². The van der Waals surface area contributed by atoms with Crippen molar-refractivity contribution in [3.63, 3.8) is 0 Å². The van der Waals surface area contributed by atoms with E-state index < -0.39 is 12.0 Å². The van der Waals surface area contributed by atoms with Gasteiger partial charge >= 0.3 is 5.97 Å². The Balaban J connectivity index is 3.96. The van der Waals surface area contributed by atoms with Gasteiger partial charge in [0.25, 0.3) is 0 Å². The van der Waals surface area contributed by atoms with E-state index in [1.54, 1.807) is 6.08 Å². The summed E-state index contributed by atoms with van der Waals surface area (Å²) in [6, 6.07) is -0.858. The van der Waals surface area contributed by atoms with Crippen molar-refractivity contribution in [2.75, 3.05) is 6.61 Å². The van der Waals surface area contributed by atoms with E-state index in [2.05, 4.69) is 11.9 Å². The molecule has 0 aromatic heterocycles. The fourth-order valence-electron chi connectivity index (χ4n) is 1.22. The Morgan fingerprint density at radius 2 is 2.06 bits per heavy atom. The second-order valence-corrected chi connectivity index (χ2v) is 3.51. The molecule has 0 aromatic rings. The Hall–Kier alpha value is -1.36. The number of nitrogens with one attached hydrogen (secondary N) is 1. The molecule has 1 atom stereocenters. The number of carbonyl (C=O) groups is 2. The zero-order valence-corrected chi connectivity index (χ0v) is 9.32. The topological polar surface area (TPSA) is 86.6 Å². The molecule has 92 valence electrons. The number of allylic oxidation sites excluding steroid dienone is 1. The van der Waals surface area contributed by atoms with Crippen LogP contribution in [0.15, 0.2) is 12.7 Å². The summed E-state index contributed by atoms with van der Waals surface area (Å²) >= 11 is 0. The van der Waals surface area contributed by atoms with Gasteiger partial charge in [-0.15, -0.1) is 6.58 Å². The zero-order valence-electron chi connectivity index (χ0n) is 9.32. The van der Waals surface area contributed by atoms with Crippen molar-refractivity contribution in [2.24, 2.45) is 0 Å². The van der Waals surface area contributed by atoms with Crippen molar-refractivity contribution < 1.29 is 19.8 Å². The van der Waals surface area contributed by atoms with Crippen molar-refractivity contribution in [2.45, 2.75) is 38.1 Å². The second kappa shape index (κ2) is 8.91. The van der Waals surface area contributed by atoms with Gasteiger partial charge in [0.1, 0.15) is 6.04 Å². The Labute approximate surface area is 95.2 Å². The Morgan fingerprint density at radius 1 is 1.38 bits per heavy atom. The fraction of sp³-hybridized carbons (Fsp3) is 0.636. The molecule has 0 fully saturated rings. The molecule has 0 spiro atoms. The molecule has 0 aromatic carbocycles. The first-order valence-electron chi connectivity index (χ1n) is 5.35. The van der Waals surface area contributed by atoms with Gasteiger partial charge in [-0.3, -0.25) is 4.79 Å². The standard InChI is InChI=1S/C11H19NO4/c1-2-3-7-10(14)12-9(11(15)16)6-4-5-8-13/h2,9,13H,1,3-8H2,(H,12,14)(H,15,16). The van der Waals surface area contributed by atoms with Gasteiger partial charge in [0.2, 0.25) is 5.91 Å². The number of aliphatic carboxylic acids is 1. The number of aliphatic hydroxyl groups is 1. The Bertz CT molecular complexity index is 240. The first kappa shape index (κ1) is 14.6. The van der Waals surface area contributed by atoms with Gasteiger partial charge in [0, 0.05) is 13.0 Å². The average Bonchev–Trinajstić information content (AvgIpc) is 2.25. The van der Waals surface area contributed by atoms with Crippen molar-refractivity contribution in [1.29, 1.82) is 0 Å². The second-order valence-electron chi connectivity index (χ2n) is 3.51. The van der Waals surface area contributed by atoms with Crippen LogP contribution in [0.2, 0.25) is 0 Å². The van der Waals surface area contributed by atoms with E-state index in [0.717, 1.165) is 0 Å². The largest absolute Gasteiger partial charge is 0.480 e. The molecule has 1 unspecified atom stereocenters. The van der Waals surface area contributed by atoms with E-state index in [-0.39, 0.29) is 18.9 Å². The predicted octanol–water partition coefficient (Wildman–Crippen LogP) is 0.685. The van der Waals surface area contributed by atoms with Crippen LogP contribution in [0.1, 0.15) is 32.1 Å². The molecule has 0 saturated carbocycles. The molecule has 0 aliphatic heterocycles. The van der Waals surface area contributed by atoms with Crippen LogP contribution >= 0.6 is 0 Å². The molecule has 0 radical (unpaired) electrons. The van der Waals surface area contributed by atoms with E-state index in [9.17, 15) is 9.59 Å². The summed E-state index contributed by atoms with van der Waals surface area (Å²) in [5, 5.41) is 19.9. The smallest absolute Gasteiger partial charge is 0.326 e. The van der Waals surface area contributed by atoms with Crippen LogP contribution in [-0.4, -0.2) is 34.7 Å². The minimum Gasteiger partial charge on any atom is -0.480 e. The van der Waals surface area contributed by atoms with Gasteiger partial charge in [0.15, 0.2) is 0 Å². The summed E-state index contributed by atoms with van der Waals surface area (Å²) in [7, 11) is 0. The van der Waals surface area contributed by atoms with Crippen molar-refractivity contribution in [3.8, 4) is 0 Å². The number of unbranched alkanes of at least 4 members (excludes halogenated alkanes) is 1. The number of aliphatic hydroxyl groups excluding tert-OH is 1. The summed E-state index contributed by atoms with van der Waals surface area (Å²) < 4.78 is 0. The maximum absolute atomic E-state index is 11.3.